The molecule has 0 aliphatic heterocycles. The van der Waals surface area contributed by atoms with Crippen LogP contribution in [0.15, 0.2) is 24.3 Å². The number of carbonyl (C=O) groups excluding carboxylic acids is 1. The summed E-state index contributed by atoms with van der Waals surface area (Å²) in [5.41, 5.74) is 0.723. The van der Waals surface area contributed by atoms with Crippen LogP contribution in [-0.4, -0.2) is 23.2 Å². The predicted octanol–water partition coefficient (Wildman–Crippen LogP) is 3.20. The van der Waals surface area contributed by atoms with Crippen LogP contribution in [-0.2, 0) is 4.79 Å². The molecule has 1 amide bonds. The highest BCUT2D eigenvalue weighted by atomic mass is 16.5. The fraction of sp³-hybridized carbons (Fsp3) is 0.588. The van der Waals surface area contributed by atoms with Crippen LogP contribution in [0.1, 0.15) is 58.6 Å². The summed E-state index contributed by atoms with van der Waals surface area (Å²) >= 11 is 0. The van der Waals surface area contributed by atoms with Gasteiger partial charge in [-0.2, -0.15) is 0 Å². The molecule has 0 spiro atoms. The van der Waals surface area contributed by atoms with Crippen molar-refractivity contribution in [1.82, 2.24) is 5.32 Å². The molecular formula is C17H27NO3. The largest absolute Gasteiger partial charge is 0.481 e. The molecule has 0 bridgehead atoms. The minimum atomic E-state index is -0.588. The molecule has 0 radical (unpaired) electrons. The summed E-state index contributed by atoms with van der Waals surface area (Å²) in [5, 5.41) is 12.9. The highest BCUT2D eigenvalue weighted by Gasteiger charge is 2.19. The Morgan fingerprint density at radius 2 is 1.95 bits per heavy atom. The van der Waals surface area contributed by atoms with Crippen LogP contribution >= 0.6 is 0 Å². The Morgan fingerprint density at radius 1 is 1.29 bits per heavy atom. The van der Waals surface area contributed by atoms with Gasteiger partial charge in [-0.3, -0.25) is 4.79 Å². The predicted molar refractivity (Wildman–Crippen MR) is 84.3 cm³/mol. The van der Waals surface area contributed by atoms with E-state index in [9.17, 15) is 9.90 Å². The second-order valence-electron chi connectivity index (χ2n) is 5.42. The molecule has 1 aromatic carbocycles. The van der Waals surface area contributed by atoms with Crippen molar-refractivity contribution >= 4 is 5.91 Å². The average Bonchev–Trinajstić information content (AvgIpc) is 2.47. The Morgan fingerprint density at radius 3 is 2.57 bits per heavy atom. The highest BCUT2D eigenvalue weighted by Crippen LogP contribution is 2.27. The summed E-state index contributed by atoms with van der Waals surface area (Å²) in [6.07, 6.45) is 1.42. The fourth-order valence-electron chi connectivity index (χ4n) is 2.19. The minimum Gasteiger partial charge on any atom is -0.481 e. The number of carbonyl (C=O) groups is 1. The van der Waals surface area contributed by atoms with Gasteiger partial charge in [0.1, 0.15) is 5.75 Å². The fourth-order valence-corrected chi connectivity index (χ4v) is 2.19. The van der Waals surface area contributed by atoms with Crippen molar-refractivity contribution in [2.45, 2.75) is 65.2 Å². The van der Waals surface area contributed by atoms with Crippen LogP contribution in [0.25, 0.3) is 0 Å². The molecule has 3 atom stereocenters. The number of nitrogens with one attached hydrogen (secondary N) is 1. The lowest BCUT2D eigenvalue weighted by Crippen LogP contribution is -2.41. The maximum Gasteiger partial charge on any atom is 0.260 e. The molecule has 0 heterocycles. The summed E-state index contributed by atoms with van der Waals surface area (Å²) in [7, 11) is 0. The molecule has 0 fully saturated rings. The van der Waals surface area contributed by atoms with Gasteiger partial charge in [0, 0.05) is 11.6 Å². The lowest BCUT2D eigenvalue weighted by molar-refractivity contribution is -0.128. The first-order valence-corrected chi connectivity index (χ1v) is 7.73. The van der Waals surface area contributed by atoms with Crippen LogP contribution in [0.4, 0.5) is 0 Å². The Kier molecular flexibility index (Phi) is 7.23. The second-order valence-corrected chi connectivity index (χ2v) is 5.42. The van der Waals surface area contributed by atoms with Crippen molar-refractivity contribution in [3.8, 4) is 5.75 Å². The molecule has 0 saturated heterocycles. The lowest BCUT2D eigenvalue weighted by atomic mass is 10.1. The van der Waals surface area contributed by atoms with E-state index >= 15 is 0 Å². The van der Waals surface area contributed by atoms with Crippen LogP contribution < -0.4 is 10.1 Å². The molecule has 0 aromatic heterocycles. The summed E-state index contributed by atoms with van der Waals surface area (Å²) in [6, 6.07) is 7.45. The number of hydrogen-bond acceptors (Lipinski definition) is 3. The molecule has 3 unspecified atom stereocenters. The molecule has 0 saturated carbocycles. The Balaban J connectivity index is 2.70. The van der Waals surface area contributed by atoms with Gasteiger partial charge in [-0.25, -0.2) is 0 Å². The third kappa shape index (κ3) is 5.38. The maximum atomic E-state index is 12.1. The van der Waals surface area contributed by atoms with Crippen LogP contribution in [0, 0.1) is 0 Å². The van der Waals surface area contributed by atoms with Gasteiger partial charge in [-0.05, 0) is 32.8 Å². The SMILES string of the molecule is CCCC(C)NC(=O)C(C)Oc1ccccc1C(O)CC. The van der Waals surface area contributed by atoms with E-state index < -0.39 is 12.2 Å². The number of hydrogen-bond donors (Lipinski definition) is 2. The Labute approximate surface area is 127 Å². The van der Waals surface area contributed by atoms with Gasteiger partial charge in [0.2, 0.25) is 0 Å². The first-order valence-electron chi connectivity index (χ1n) is 7.73. The van der Waals surface area contributed by atoms with E-state index in [4.69, 9.17) is 4.74 Å². The zero-order chi connectivity index (χ0) is 15.8. The molecule has 4 heteroatoms. The van der Waals surface area contributed by atoms with Crippen molar-refractivity contribution < 1.29 is 14.6 Å². The molecule has 0 aliphatic rings. The summed E-state index contributed by atoms with van der Waals surface area (Å²) in [6.45, 7) is 7.71. The molecular weight excluding hydrogens is 266 g/mol. The summed E-state index contributed by atoms with van der Waals surface area (Å²) in [5.74, 6) is 0.439. The zero-order valence-corrected chi connectivity index (χ0v) is 13.4. The van der Waals surface area contributed by atoms with Gasteiger partial charge >= 0.3 is 0 Å². The van der Waals surface area contributed by atoms with E-state index in [0.717, 1.165) is 18.4 Å². The number of rotatable bonds is 8. The first-order chi connectivity index (χ1) is 9.99. The number of amides is 1. The third-order valence-corrected chi connectivity index (χ3v) is 3.45. The van der Waals surface area contributed by atoms with Crippen LogP contribution in [0.3, 0.4) is 0 Å². The van der Waals surface area contributed by atoms with Crippen LogP contribution in [0.5, 0.6) is 5.75 Å². The van der Waals surface area contributed by atoms with Crippen molar-refractivity contribution in [1.29, 1.82) is 0 Å². The molecule has 2 N–H and O–H groups in total. The molecule has 118 valence electrons. The highest BCUT2D eigenvalue weighted by molar-refractivity contribution is 5.81. The van der Waals surface area contributed by atoms with Gasteiger partial charge < -0.3 is 15.2 Å². The first kappa shape index (κ1) is 17.5. The number of ether oxygens (including phenoxy) is 1. The van der Waals surface area contributed by atoms with Crippen molar-refractivity contribution in [2.24, 2.45) is 0 Å². The molecule has 4 nitrogen and oxygen atoms in total. The molecule has 21 heavy (non-hydrogen) atoms. The van der Waals surface area contributed by atoms with Crippen molar-refractivity contribution in [3.05, 3.63) is 29.8 Å². The molecule has 1 aromatic rings. The normalized spacial score (nSPS) is 15.1. The number of aliphatic hydroxyl groups is 1. The zero-order valence-electron chi connectivity index (χ0n) is 13.4. The average molecular weight is 293 g/mol. The second kappa shape index (κ2) is 8.67. The van der Waals surface area contributed by atoms with Crippen molar-refractivity contribution in [3.63, 3.8) is 0 Å². The van der Waals surface area contributed by atoms with Crippen molar-refractivity contribution in [2.75, 3.05) is 0 Å². The van der Waals surface area contributed by atoms with E-state index in [1.807, 2.05) is 32.0 Å². The molecule has 0 aliphatic carbocycles. The summed E-state index contributed by atoms with van der Waals surface area (Å²) in [4.78, 5) is 12.1. The van der Waals surface area contributed by atoms with Gasteiger partial charge in [0.15, 0.2) is 6.10 Å². The van der Waals surface area contributed by atoms with Gasteiger partial charge in [-0.1, -0.05) is 38.5 Å². The van der Waals surface area contributed by atoms with Gasteiger partial charge in [-0.15, -0.1) is 0 Å². The Bertz CT molecular complexity index is 447. The van der Waals surface area contributed by atoms with E-state index in [0.29, 0.717) is 12.2 Å². The quantitative estimate of drug-likeness (QED) is 0.774. The summed E-state index contributed by atoms with van der Waals surface area (Å²) < 4.78 is 5.74. The number of para-hydroxylation sites is 1. The monoisotopic (exact) mass is 293 g/mol. The van der Waals surface area contributed by atoms with E-state index in [2.05, 4.69) is 12.2 Å². The minimum absolute atomic E-state index is 0.128. The topological polar surface area (TPSA) is 58.6 Å². The number of benzene rings is 1. The standard InChI is InChI=1S/C17H27NO3/c1-5-9-12(3)18-17(20)13(4)21-16-11-8-7-10-14(16)15(19)6-2/h7-8,10-13,15,19H,5-6,9H2,1-4H3,(H,18,20). The van der Waals surface area contributed by atoms with E-state index in [1.165, 1.54) is 0 Å². The third-order valence-electron chi connectivity index (χ3n) is 3.45. The van der Waals surface area contributed by atoms with Gasteiger partial charge in [0.05, 0.1) is 6.10 Å². The smallest absolute Gasteiger partial charge is 0.260 e. The molecule has 1 rings (SSSR count). The van der Waals surface area contributed by atoms with Gasteiger partial charge in [0.25, 0.3) is 5.91 Å². The maximum absolute atomic E-state index is 12.1. The lowest BCUT2D eigenvalue weighted by Gasteiger charge is -2.21. The Hall–Kier alpha value is -1.55. The van der Waals surface area contributed by atoms with E-state index in [-0.39, 0.29) is 11.9 Å². The van der Waals surface area contributed by atoms with E-state index in [1.54, 1.807) is 13.0 Å². The van der Waals surface area contributed by atoms with Crippen LogP contribution in [0.2, 0.25) is 0 Å². The number of aliphatic hydroxyl groups excluding tert-OH is 1.